The van der Waals surface area contributed by atoms with E-state index in [1.807, 2.05) is 41.3 Å². The van der Waals surface area contributed by atoms with E-state index in [9.17, 15) is 18.9 Å². The normalized spacial score (nSPS) is 18.8. The van der Waals surface area contributed by atoms with Crippen LogP contribution >= 0.6 is 18.9 Å². The largest absolute Gasteiger partial charge is 0.377 e. The lowest BCUT2D eigenvalue weighted by atomic mass is 10.1. The number of amides is 2. The van der Waals surface area contributed by atoms with E-state index in [0.29, 0.717) is 34.5 Å². The number of nitrogens with one attached hydrogen (secondary N) is 1. The highest BCUT2D eigenvalue weighted by atomic mass is 32.1. The lowest BCUT2D eigenvalue weighted by molar-refractivity contribution is -0.119. The van der Waals surface area contributed by atoms with E-state index in [4.69, 9.17) is 14.5 Å². The standard InChI is InChI=1S/C11H12NO4PS.C11H21NO2.C7H11NO.C6H6.C5H11N/c1-12-11(13)10-5-8-4-7(6-17(14,15)16)2-3-9(8)18-10;1-10(5-3-4-7-13)12(2)9-11-6-8-14-11;9-6-8-5-1-2-7(8)3-4-7;1-2-4-6-5-3-1;1-6-4-2-3-5-6/h2-5H,6H2,1H3,(H,12,13)(H2,14,15,16);7,10-11H,3-6,8-9H2,1-2H3;6H,1-5H2;1-6H;2-5H2,1H3. The maximum absolute atomic E-state index is 11.5. The van der Waals surface area contributed by atoms with Gasteiger partial charge in [0, 0.05) is 49.4 Å². The molecule has 4 aliphatic rings. The van der Waals surface area contributed by atoms with E-state index in [0.717, 1.165) is 55.3 Å². The molecule has 3 aromatic rings. The Kier molecular flexibility index (Phi) is 19.3. The number of nitrogens with zero attached hydrogens (tertiary/aromatic N) is 3. The summed E-state index contributed by atoms with van der Waals surface area (Å²) in [6, 6.07) is 19.4. The second-order valence-corrected chi connectivity index (χ2v) is 17.1. The van der Waals surface area contributed by atoms with E-state index in [1.54, 1.807) is 31.3 Å². The molecular formula is C40H61N4O7PS. The summed E-state index contributed by atoms with van der Waals surface area (Å²) in [6.07, 6.45) is 14.0. The third kappa shape index (κ3) is 16.5. The van der Waals surface area contributed by atoms with Crippen LogP contribution in [0.1, 0.15) is 86.4 Å². The molecule has 294 valence electrons. The number of rotatable bonds is 11. The Balaban J connectivity index is 0.000000190. The number of aldehydes is 1. The quantitative estimate of drug-likeness (QED) is 0.112. The van der Waals surface area contributed by atoms with E-state index >= 15 is 0 Å². The first-order valence-electron chi connectivity index (χ1n) is 18.8. The van der Waals surface area contributed by atoms with Crippen LogP contribution < -0.4 is 5.32 Å². The highest BCUT2D eigenvalue weighted by molar-refractivity contribution is 7.50. The van der Waals surface area contributed by atoms with Crippen LogP contribution in [0, 0.1) is 0 Å². The summed E-state index contributed by atoms with van der Waals surface area (Å²) in [4.78, 5) is 57.1. The molecule has 3 N–H and O–H groups in total. The van der Waals surface area contributed by atoms with Gasteiger partial charge in [-0.05, 0) is 121 Å². The molecule has 0 bridgehead atoms. The number of unbranched alkanes of at least 4 members (excludes halogenated alkanes) is 1. The zero-order chi connectivity index (χ0) is 38.7. The van der Waals surface area contributed by atoms with Gasteiger partial charge in [-0.15, -0.1) is 11.3 Å². The van der Waals surface area contributed by atoms with E-state index in [-0.39, 0.29) is 12.1 Å². The number of likely N-dealkylation sites (tertiary alicyclic amines) is 2. The van der Waals surface area contributed by atoms with Gasteiger partial charge in [-0.1, -0.05) is 42.5 Å². The molecule has 53 heavy (non-hydrogen) atoms. The molecule has 4 heterocycles. The first-order valence-corrected chi connectivity index (χ1v) is 21.5. The average molecular weight is 773 g/mol. The van der Waals surface area contributed by atoms with Crippen LogP contribution in [0.2, 0.25) is 0 Å². The minimum atomic E-state index is -4.06. The van der Waals surface area contributed by atoms with Crippen LogP contribution in [-0.4, -0.2) is 115 Å². The van der Waals surface area contributed by atoms with Crippen molar-refractivity contribution < 1.29 is 33.5 Å². The van der Waals surface area contributed by atoms with Crippen molar-refractivity contribution in [1.29, 1.82) is 0 Å². The van der Waals surface area contributed by atoms with Crippen molar-refractivity contribution >= 4 is 47.6 Å². The van der Waals surface area contributed by atoms with Gasteiger partial charge < -0.3 is 39.3 Å². The van der Waals surface area contributed by atoms with Gasteiger partial charge in [-0.25, -0.2) is 0 Å². The van der Waals surface area contributed by atoms with Gasteiger partial charge in [0.2, 0.25) is 6.41 Å². The SMILES string of the molecule is CC(CCCC=O)N(C)CC1CCO1.CN1CCCC1.CNC(=O)c1cc2cc(CP(=O)(O)O)ccc2s1.O=CN1CCCC12CC2.c1ccccc1. The molecule has 2 atom stereocenters. The number of carbonyl (C=O) groups is 3. The molecule has 3 saturated heterocycles. The van der Waals surface area contributed by atoms with Crippen LogP contribution in [0.25, 0.3) is 10.1 Å². The van der Waals surface area contributed by atoms with Crippen molar-refractivity contribution in [2.45, 2.75) is 95.0 Å². The predicted octanol–water partition coefficient (Wildman–Crippen LogP) is 6.57. The fourth-order valence-corrected chi connectivity index (χ4v) is 8.04. The topological polar surface area (TPSA) is 140 Å². The van der Waals surface area contributed by atoms with Crippen molar-refractivity contribution in [3.8, 4) is 0 Å². The first kappa shape index (κ1) is 44.4. The number of ether oxygens (including phenoxy) is 1. The lowest BCUT2D eigenvalue weighted by Crippen LogP contribution is -2.41. The number of carbonyl (C=O) groups excluding carboxylic acids is 3. The summed E-state index contributed by atoms with van der Waals surface area (Å²) in [6.45, 7) is 7.81. The molecule has 13 heteroatoms. The first-order chi connectivity index (χ1) is 25.4. The third-order valence-corrected chi connectivity index (χ3v) is 11.9. The molecule has 3 aliphatic heterocycles. The Morgan fingerprint density at radius 3 is 2.15 bits per heavy atom. The second-order valence-electron chi connectivity index (χ2n) is 14.3. The average Bonchev–Trinajstić information content (AvgIpc) is 3.40. The van der Waals surface area contributed by atoms with Gasteiger partial charge in [0.05, 0.1) is 17.1 Å². The summed E-state index contributed by atoms with van der Waals surface area (Å²) in [5.74, 6) is -0.160. The van der Waals surface area contributed by atoms with Crippen LogP contribution in [0.15, 0.2) is 60.7 Å². The van der Waals surface area contributed by atoms with Gasteiger partial charge in [0.25, 0.3) is 5.91 Å². The second kappa shape index (κ2) is 23.1. The Morgan fingerprint density at radius 1 is 1.06 bits per heavy atom. The molecule has 0 radical (unpaired) electrons. The molecular weight excluding hydrogens is 712 g/mol. The van der Waals surface area contributed by atoms with Gasteiger partial charge in [0.15, 0.2) is 0 Å². The molecule has 2 aromatic carbocycles. The minimum absolute atomic E-state index is 0.160. The lowest BCUT2D eigenvalue weighted by Gasteiger charge is -2.33. The fraction of sp³-hybridized carbons (Fsp3) is 0.575. The maximum Gasteiger partial charge on any atom is 0.329 e. The number of likely N-dealkylation sites (N-methyl/N-ethyl adjacent to an activating group) is 1. The van der Waals surface area contributed by atoms with Gasteiger partial charge >= 0.3 is 7.60 Å². The zero-order valence-corrected chi connectivity index (χ0v) is 33.7. The summed E-state index contributed by atoms with van der Waals surface area (Å²) in [7, 11) is 1.81. The van der Waals surface area contributed by atoms with Crippen LogP contribution in [-0.2, 0) is 25.1 Å². The molecule has 1 spiro atoms. The van der Waals surface area contributed by atoms with Gasteiger partial charge in [0.1, 0.15) is 6.29 Å². The smallest absolute Gasteiger partial charge is 0.329 e. The Hall–Kier alpha value is -2.96. The number of thiophene rings is 1. The molecule has 7 rings (SSSR count). The van der Waals surface area contributed by atoms with Crippen molar-refractivity contribution in [1.82, 2.24) is 20.0 Å². The molecule has 11 nitrogen and oxygen atoms in total. The molecule has 2 amide bonds. The fourth-order valence-electron chi connectivity index (χ4n) is 6.38. The summed E-state index contributed by atoms with van der Waals surface area (Å²) >= 11 is 1.35. The molecule has 1 aromatic heterocycles. The van der Waals surface area contributed by atoms with Crippen molar-refractivity contribution in [2.75, 3.05) is 53.9 Å². The summed E-state index contributed by atoms with van der Waals surface area (Å²) in [5.41, 5.74) is 0.943. The molecule has 4 fully saturated rings. The summed E-state index contributed by atoms with van der Waals surface area (Å²) in [5, 5.41) is 3.37. The van der Waals surface area contributed by atoms with E-state index in [1.165, 1.54) is 69.4 Å². The molecule has 2 unspecified atom stereocenters. The van der Waals surface area contributed by atoms with Crippen molar-refractivity contribution in [3.63, 3.8) is 0 Å². The van der Waals surface area contributed by atoms with Gasteiger partial charge in [-0.2, -0.15) is 0 Å². The highest BCUT2D eigenvalue weighted by Crippen LogP contribution is 2.48. The Labute approximate surface area is 320 Å². The maximum atomic E-state index is 11.5. The number of fused-ring (bicyclic) bond motifs is 1. The minimum Gasteiger partial charge on any atom is -0.377 e. The van der Waals surface area contributed by atoms with Crippen LogP contribution in [0.4, 0.5) is 0 Å². The highest BCUT2D eigenvalue weighted by Gasteiger charge is 2.50. The number of hydrogen-bond acceptors (Lipinski definition) is 8. The van der Waals surface area contributed by atoms with E-state index in [2.05, 4.69) is 36.1 Å². The van der Waals surface area contributed by atoms with Gasteiger partial charge in [-0.3, -0.25) is 14.2 Å². The Morgan fingerprint density at radius 2 is 1.70 bits per heavy atom. The van der Waals surface area contributed by atoms with Crippen LogP contribution in [0.5, 0.6) is 0 Å². The molecule has 1 aliphatic carbocycles. The number of benzene rings is 2. The monoisotopic (exact) mass is 772 g/mol. The number of hydrogen-bond donors (Lipinski definition) is 3. The molecule has 1 saturated carbocycles. The predicted molar refractivity (Wildman–Crippen MR) is 214 cm³/mol. The third-order valence-electron chi connectivity index (χ3n) is 10.0. The van der Waals surface area contributed by atoms with E-state index < -0.39 is 7.60 Å². The zero-order valence-electron chi connectivity index (χ0n) is 32.0. The van der Waals surface area contributed by atoms with Crippen molar-refractivity contribution in [2.24, 2.45) is 0 Å². The summed E-state index contributed by atoms with van der Waals surface area (Å²) < 4.78 is 17.2. The van der Waals surface area contributed by atoms with Crippen molar-refractivity contribution in [3.05, 3.63) is 71.1 Å². The van der Waals surface area contributed by atoms with Crippen LogP contribution in [0.3, 0.4) is 0 Å². The Bertz CT molecular complexity index is 1530.